The highest BCUT2D eigenvalue weighted by Crippen LogP contribution is 2.05. The monoisotopic (exact) mass is 257 g/mol. The molecule has 17 heavy (non-hydrogen) atoms. The SMILES string of the molecule is CS(=O)(=O)c1ccccc1.OC[C@@H]1CCCN1. The van der Waals surface area contributed by atoms with E-state index in [-0.39, 0.29) is 0 Å². The third kappa shape index (κ3) is 5.30. The van der Waals surface area contributed by atoms with Gasteiger partial charge in [0.1, 0.15) is 0 Å². The van der Waals surface area contributed by atoms with Crippen molar-refractivity contribution in [3.63, 3.8) is 0 Å². The second-order valence-corrected chi connectivity index (χ2v) is 6.08. The molecule has 1 fully saturated rings. The van der Waals surface area contributed by atoms with Crippen molar-refractivity contribution in [3.05, 3.63) is 30.3 Å². The fourth-order valence-electron chi connectivity index (χ4n) is 1.58. The maximum Gasteiger partial charge on any atom is 0.175 e. The second kappa shape index (κ2) is 6.74. The fourth-order valence-corrected chi connectivity index (χ4v) is 2.23. The number of sulfone groups is 1. The molecule has 0 aliphatic carbocycles. The third-order valence-corrected chi connectivity index (χ3v) is 3.68. The van der Waals surface area contributed by atoms with Gasteiger partial charge in [0.15, 0.2) is 9.84 Å². The molecule has 0 unspecified atom stereocenters. The zero-order chi connectivity index (χ0) is 12.7. The highest BCUT2D eigenvalue weighted by molar-refractivity contribution is 7.90. The Hall–Kier alpha value is -0.910. The normalized spacial score (nSPS) is 19.5. The smallest absolute Gasteiger partial charge is 0.175 e. The van der Waals surface area contributed by atoms with Crippen molar-refractivity contribution < 1.29 is 13.5 Å². The van der Waals surface area contributed by atoms with Gasteiger partial charge in [0.25, 0.3) is 0 Å². The van der Waals surface area contributed by atoms with E-state index in [0.29, 0.717) is 17.5 Å². The average molecular weight is 257 g/mol. The molecule has 1 aliphatic heterocycles. The number of rotatable bonds is 2. The summed E-state index contributed by atoms with van der Waals surface area (Å²) >= 11 is 0. The Labute approximate surface area is 103 Å². The predicted molar refractivity (Wildman–Crippen MR) is 67.7 cm³/mol. The lowest BCUT2D eigenvalue weighted by atomic mass is 10.2. The number of benzene rings is 1. The largest absolute Gasteiger partial charge is 0.395 e. The average Bonchev–Trinajstić information content (AvgIpc) is 2.83. The molecule has 0 saturated carbocycles. The van der Waals surface area contributed by atoms with Gasteiger partial charge in [-0.25, -0.2) is 8.42 Å². The molecule has 1 atom stereocenters. The van der Waals surface area contributed by atoms with Crippen LogP contribution in [0.4, 0.5) is 0 Å². The third-order valence-electron chi connectivity index (χ3n) is 2.55. The first-order valence-electron chi connectivity index (χ1n) is 5.63. The van der Waals surface area contributed by atoms with E-state index < -0.39 is 9.84 Å². The summed E-state index contributed by atoms with van der Waals surface area (Å²) in [5.41, 5.74) is 0. The van der Waals surface area contributed by atoms with E-state index in [9.17, 15) is 8.42 Å². The van der Waals surface area contributed by atoms with Gasteiger partial charge in [0.05, 0.1) is 11.5 Å². The molecule has 0 aromatic heterocycles. The van der Waals surface area contributed by atoms with Crippen LogP contribution in [-0.4, -0.2) is 39.0 Å². The number of hydrogen-bond acceptors (Lipinski definition) is 4. The Morgan fingerprint density at radius 2 is 2.00 bits per heavy atom. The van der Waals surface area contributed by atoms with Crippen LogP contribution in [0.25, 0.3) is 0 Å². The molecule has 1 saturated heterocycles. The lowest BCUT2D eigenvalue weighted by Gasteiger charge is -2.01. The van der Waals surface area contributed by atoms with Crippen molar-refractivity contribution in [2.45, 2.75) is 23.8 Å². The van der Waals surface area contributed by atoms with Crippen LogP contribution >= 0.6 is 0 Å². The molecule has 1 heterocycles. The van der Waals surface area contributed by atoms with Crippen molar-refractivity contribution in [1.29, 1.82) is 0 Å². The molecule has 2 rings (SSSR count). The summed E-state index contributed by atoms with van der Waals surface area (Å²) in [4.78, 5) is 0.370. The first-order chi connectivity index (χ1) is 8.04. The Morgan fingerprint density at radius 3 is 2.29 bits per heavy atom. The lowest BCUT2D eigenvalue weighted by Crippen LogP contribution is -2.24. The Morgan fingerprint density at radius 1 is 1.35 bits per heavy atom. The van der Waals surface area contributed by atoms with Crippen molar-refractivity contribution in [3.8, 4) is 0 Å². The van der Waals surface area contributed by atoms with Gasteiger partial charge in [-0.1, -0.05) is 18.2 Å². The number of aliphatic hydroxyl groups excluding tert-OH is 1. The van der Waals surface area contributed by atoms with Gasteiger partial charge in [0, 0.05) is 12.3 Å². The zero-order valence-corrected chi connectivity index (χ0v) is 10.8. The molecular formula is C12H19NO3S. The van der Waals surface area contributed by atoms with E-state index in [1.807, 2.05) is 0 Å². The van der Waals surface area contributed by atoms with Crippen molar-refractivity contribution in [2.24, 2.45) is 0 Å². The predicted octanol–water partition coefficient (Wildman–Crippen LogP) is 0.821. The minimum Gasteiger partial charge on any atom is -0.395 e. The fraction of sp³-hybridized carbons (Fsp3) is 0.500. The lowest BCUT2D eigenvalue weighted by molar-refractivity contribution is 0.255. The molecule has 0 amide bonds. The minimum atomic E-state index is -3.00. The summed E-state index contributed by atoms with van der Waals surface area (Å²) in [5, 5.41) is 11.7. The van der Waals surface area contributed by atoms with E-state index >= 15 is 0 Å². The number of aliphatic hydroxyl groups is 1. The van der Waals surface area contributed by atoms with Crippen molar-refractivity contribution in [2.75, 3.05) is 19.4 Å². The van der Waals surface area contributed by atoms with E-state index in [1.165, 1.54) is 12.7 Å². The Balaban J connectivity index is 0.000000181. The molecule has 96 valence electrons. The van der Waals surface area contributed by atoms with Gasteiger partial charge in [0.2, 0.25) is 0 Å². The maximum absolute atomic E-state index is 10.8. The van der Waals surface area contributed by atoms with Gasteiger partial charge in [-0.15, -0.1) is 0 Å². The molecule has 4 nitrogen and oxygen atoms in total. The van der Waals surface area contributed by atoms with Crippen LogP contribution in [0.1, 0.15) is 12.8 Å². The number of hydrogen-bond donors (Lipinski definition) is 2. The number of nitrogens with one attached hydrogen (secondary N) is 1. The van der Waals surface area contributed by atoms with Gasteiger partial charge in [-0.2, -0.15) is 0 Å². The van der Waals surface area contributed by atoms with Crippen LogP contribution in [0.15, 0.2) is 35.2 Å². The summed E-state index contributed by atoms with van der Waals surface area (Å²) < 4.78 is 21.7. The van der Waals surface area contributed by atoms with E-state index in [0.717, 1.165) is 13.0 Å². The molecule has 1 aromatic rings. The first-order valence-corrected chi connectivity index (χ1v) is 7.52. The quantitative estimate of drug-likeness (QED) is 0.823. The first kappa shape index (κ1) is 14.2. The molecule has 1 aromatic carbocycles. The Kier molecular flexibility index (Phi) is 5.61. The highest BCUT2D eigenvalue weighted by atomic mass is 32.2. The summed E-state index contributed by atoms with van der Waals surface area (Å²) in [6.45, 7) is 1.39. The summed E-state index contributed by atoms with van der Waals surface area (Å²) in [5.74, 6) is 0. The van der Waals surface area contributed by atoms with Gasteiger partial charge in [-0.3, -0.25) is 0 Å². The van der Waals surface area contributed by atoms with E-state index in [1.54, 1.807) is 30.3 Å². The van der Waals surface area contributed by atoms with Crippen LogP contribution in [0.5, 0.6) is 0 Å². The van der Waals surface area contributed by atoms with Crippen molar-refractivity contribution >= 4 is 9.84 Å². The molecular weight excluding hydrogens is 238 g/mol. The molecule has 0 spiro atoms. The summed E-state index contributed by atoms with van der Waals surface area (Å²) in [6.07, 6.45) is 3.57. The van der Waals surface area contributed by atoms with Crippen LogP contribution in [0.2, 0.25) is 0 Å². The van der Waals surface area contributed by atoms with Crippen molar-refractivity contribution in [1.82, 2.24) is 5.32 Å². The van der Waals surface area contributed by atoms with Crippen LogP contribution in [-0.2, 0) is 9.84 Å². The summed E-state index contributed by atoms with van der Waals surface area (Å²) in [6, 6.07) is 8.76. The molecule has 0 radical (unpaired) electrons. The molecule has 0 bridgehead atoms. The zero-order valence-electron chi connectivity index (χ0n) is 9.96. The topological polar surface area (TPSA) is 66.4 Å². The van der Waals surface area contributed by atoms with Gasteiger partial charge < -0.3 is 10.4 Å². The van der Waals surface area contributed by atoms with E-state index in [2.05, 4.69) is 5.32 Å². The molecule has 2 N–H and O–H groups in total. The Bertz CT molecular complexity index is 411. The van der Waals surface area contributed by atoms with Gasteiger partial charge >= 0.3 is 0 Å². The van der Waals surface area contributed by atoms with E-state index in [4.69, 9.17) is 5.11 Å². The standard InChI is InChI=1S/C7H8O2S.C5H11NO/c1-10(8,9)7-5-3-2-4-6-7;7-4-5-2-1-3-6-5/h2-6H,1H3;5-7H,1-4H2/t;5-/m.0/s1. The maximum atomic E-state index is 10.8. The van der Waals surface area contributed by atoms with Gasteiger partial charge in [-0.05, 0) is 31.5 Å². The van der Waals surface area contributed by atoms with Crippen LogP contribution in [0.3, 0.4) is 0 Å². The second-order valence-electron chi connectivity index (χ2n) is 4.06. The van der Waals surface area contributed by atoms with Crippen LogP contribution in [0, 0.1) is 0 Å². The summed E-state index contributed by atoms with van der Waals surface area (Å²) in [7, 11) is -3.00. The molecule has 1 aliphatic rings. The highest BCUT2D eigenvalue weighted by Gasteiger charge is 2.10. The molecule has 5 heteroatoms. The minimum absolute atomic E-state index is 0.306. The van der Waals surface area contributed by atoms with Crippen LogP contribution < -0.4 is 5.32 Å².